The molecular weight excluding hydrogens is 261 g/mol. The number of hydrogen-bond acceptors (Lipinski definition) is 4. The van der Waals surface area contributed by atoms with Crippen LogP contribution in [0.15, 0.2) is 24.3 Å². The number of rotatable bonds is 9. The lowest BCUT2D eigenvalue weighted by Crippen LogP contribution is -2.36. The van der Waals surface area contributed by atoms with Crippen LogP contribution in [0.3, 0.4) is 0 Å². The van der Waals surface area contributed by atoms with Crippen LogP contribution in [0.2, 0.25) is 0 Å². The third-order valence-electron chi connectivity index (χ3n) is 3.43. The Balaban J connectivity index is 1.55. The van der Waals surface area contributed by atoms with E-state index in [1.807, 2.05) is 0 Å². The zero-order valence-corrected chi connectivity index (χ0v) is 11.5. The van der Waals surface area contributed by atoms with Gasteiger partial charge in [0.05, 0.1) is 25.4 Å². The summed E-state index contributed by atoms with van der Waals surface area (Å²) in [5.41, 5.74) is 0.483. The third-order valence-corrected chi connectivity index (χ3v) is 3.43. The first-order valence-electron chi connectivity index (χ1n) is 7.05. The molecule has 1 aromatic rings. The van der Waals surface area contributed by atoms with Gasteiger partial charge in [-0.05, 0) is 24.8 Å². The third kappa shape index (κ3) is 5.17. The quantitative estimate of drug-likeness (QED) is 0.634. The molecule has 1 saturated carbocycles. The highest BCUT2D eigenvalue weighted by Crippen LogP contribution is 2.32. The minimum absolute atomic E-state index is 0.140. The highest BCUT2D eigenvalue weighted by atomic mass is 19.1. The van der Waals surface area contributed by atoms with Gasteiger partial charge in [-0.25, -0.2) is 4.39 Å². The highest BCUT2D eigenvalue weighted by Gasteiger charge is 2.29. The number of aliphatic hydroxyl groups excluding tert-OH is 2. The van der Waals surface area contributed by atoms with Gasteiger partial charge in [-0.1, -0.05) is 18.2 Å². The van der Waals surface area contributed by atoms with E-state index >= 15 is 0 Å². The molecule has 0 spiro atoms. The average molecular weight is 283 g/mol. The second kappa shape index (κ2) is 7.69. The van der Waals surface area contributed by atoms with Gasteiger partial charge in [0, 0.05) is 18.7 Å². The summed E-state index contributed by atoms with van der Waals surface area (Å²) in [4.78, 5) is 0. The standard InChI is InChI=1S/C15H22FNO3/c16-14-4-2-1-3-12(14)9-20-10-13(18)7-17-8-15(19)11-5-6-11/h1-4,11,13,15,17-19H,5-10H2. The van der Waals surface area contributed by atoms with Crippen LogP contribution in [0.25, 0.3) is 0 Å². The Bertz CT molecular complexity index is 412. The second-order valence-corrected chi connectivity index (χ2v) is 5.32. The largest absolute Gasteiger partial charge is 0.392 e. The molecule has 20 heavy (non-hydrogen) atoms. The van der Waals surface area contributed by atoms with Crippen LogP contribution in [0.1, 0.15) is 18.4 Å². The molecule has 1 aliphatic carbocycles. The molecule has 1 aromatic carbocycles. The highest BCUT2D eigenvalue weighted by molar-refractivity contribution is 5.16. The van der Waals surface area contributed by atoms with Crippen molar-refractivity contribution in [2.45, 2.75) is 31.7 Å². The molecule has 0 amide bonds. The van der Waals surface area contributed by atoms with Crippen molar-refractivity contribution in [1.82, 2.24) is 5.32 Å². The van der Waals surface area contributed by atoms with Gasteiger partial charge in [0.25, 0.3) is 0 Å². The average Bonchev–Trinajstić information content (AvgIpc) is 3.25. The minimum Gasteiger partial charge on any atom is -0.392 e. The van der Waals surface area contributed by atoms with E-state index in [-0.39, 0.29) is 25.1 Å². The molecule has 0 aliphatic heterocycles. The zero-order chi connectivity index (χ0) is 14.4. The molecule has 4 nitrogen and oxygen atoms in total. The molecular formula is C15H22FNO3. The molecule has 112 valence electrons. The lowest BCUT2D eigenvalue weighted by molar-refractivity contribution is 0.0260. The summed E-state index contributed by atoms with van der Waals surface area (Å²) in [5.74, 6) is 0.129. The van der Waals surface area contributed by atoms with Crippen LogP contribution < -0.4 is 5.32 Å². The summed E-state index contributed by atoms with van der Waals surface area (Å²) in [6.45, 7) is 1.14. The molecule has 2 atom stereocenters. The lowest BCUT2D eigenvalue weighted by atomic mass is 10.2. The normalized spacial score (nSPS) is 17.9. The van der Waals surface area contributed by atoms with Crippen molar-refractivity contribution < 1.29 is 19.3 Å². The molecule has 5 heteroatoms. The molecule has 0 saturated heterocycles. The summed E-state index contributed by atoms with van der Waals surface area (Å²) in [6.07, 6.45) is 1.21. The van der Waals surface area contributed by atoms with Crippen molar-refractivity contribution in [3.8, 4) is 0 Å². The Morgan fingerprint density at radius 2 is 2.00 bits per heavy atom. The summed E-state index contributed by atoms with van der Waals surface area (Å²) >= 11 is 0. The first kappa shape index (κ1) is 15.4. The van der Waals surface area contributed by atoms with Gasteiger partial charge in [-0.3, -0.25) is 0 Å². The van der Waals surface area contributed by atoms with Crippen molar-refractivity contribution in [1.29, 1.82) is 0 Å². The van der Waals surface area contributed by atoms with Crippen molar-refractivity contribution in [2.24, 2.45) is 5.92 Å². The van der Waals surface area contributed by atoms with Crippen LogP contribution in [0.5, 0.6) is 0 Å². The topological polar surface area (TPSA) is 61.7 Å². The van der Waals surface area contributed by atoms with Crippen molar-refractivity contribution in [3.63, 3.8) is 0 Å². The number of ether oxygens (including phenoxy) is 1. The van der Waals surface area contributed by atoms with E-state index in [1.54, 1.807) is 18.2 Å². The van der Waals surface area contributed by atoms with Gasteiger partial charge in [0.1, 0.15) is 5.82 Å². The van der Waals surface area contributed by atoms with E-state index in [0.29, 0.717) is 24.6 Å². The molecule has 1 aliphatic rings. The molecule has 0 radical (unpaired) electrons. The Kier molecular flexibility index (Phi) is 5.91. The zero-order valence-electron chi connectivity index (χ0n) is 11.5. The fraction of sp³-hybridized carbons (Fsp3) is 0.600. The Morgan fingerprint density at radius 1 is 1.25 bits per heavy atom. The number of nitrogens with one attached hydrogen (secondary N) is 1. The Hall–Kier alpha value is -1.01. The molecule has 0 bridgehead atoms. The van der Waals surface area contributed by atoms with E-state index < -0.39 is 6.10 Å². The van der Waals surface area contributed by atoms with Gasteiger partial charge in [0.15, 0.2) is 0 Å². The SMILES string of the molecule is OC(CNCC(O)C1CC1)COCc1ccccc1F. The number of hydrogen-bond donors (Lipinski definition) is 3. The van der Waals surface area contributed by atoms with Crippen LogP contribution in [-0.2, 0) is 11.3 Å². The van der Waals surface area contributed by atoms with Gasteiger partial charge in [0.2, 0.25) is 0 Å². The van der Waals surface area contributed by atoms with Crippen molar-refractivity contribution in [3.05, 3.63) is 35.6 Å². The minimum atomic E-state index is -0.659. The maximum absolute atomic E-state index is 13.3. The summed E-state index contributed by atoms with van der Waals surface area (Å²) in [6, 6.07) is 6.42. The summed E-state index contributed by atoms with van der Waals surface area (Å²) in [7, 11) is 0. The molecule has 1 fully saturated rings. The maximum atomic E-state index is 13.3. The Labute approximate surface area is 118 Å². The number of benzene rings is 1. The monoisotopic (exact) mass is 283 g/mol. The summed E-state index contributed by atoms with van der Waals surface area (Å²) < 4.78 is 18.6. The van der Waals surface area contributed by atoms with Crippen LogP contribution in [0, 0.1) is 11.7 Å². The first-order chi connectivity index (χ1) is 9.66. The molecule has 2 rings (SSSR count). The van der Waals surface area contributed by atoms with E-state index in [2.05, 4.69) is 5.32 Å². The fourth-order valence-electron chi connectivity index (χ4n) is 2.02. The van der Waals surface area contributed by atoms with Gasteiger partial charge >= 0.3 is 0 Å². The van der Waals surface area contributed by atoms with Crippen molar-refractivity contribution >= 4 is 0 Å². The molecule has 3 N–H and O–H groups in total. The first-order valence-corrected chi connectivity index (χ1v) is 7.05. The fourth-order valence-corrected chi connectivity index (χ4v) is 2.02. The van der Waals surface area contributed by atoms with Crippen molar-refractivity contribution in [2.75, 3.05) is 19.7 Å². The number of aliphatic hydroxyl groups is 2. The van der Waals surface area contributed by atoms with Gasteiger partial charge < -0.3 is 20.3 Å². The van der Waals surface area contributed by atoms with E-state index in [4.69, 9.17) is 4.74 Å². The summed E-state index contributed by atoms with van der Waals surface area (Å²) in [5, 5.41) is 22.4. The molecule has 0 aromatic heterocycles. The van der Waals surface area contributed by atoms with Gasteiger partial charge in [-0.15, -0.1) is 0 Å². The van der Waals surface area contributed by atoms with E-state index in [1.165, 1.54) is 6.07 Å². The molecule has 2 unspecified atom stereocenters. The van der Waals surface area contributed by atoms with Crippen LogP contribution >= 0.6 is 0 Å². The second-order valence-electron chi connectivity index (χ2n) is 5.32. The van der Waals surface area contributed by atoms with E-state index in [9.17, 15) is 14.6 Å². The predicted molar refractivity (Wildman–Crippen MR) is 73.7 cm³/mol. The maximum Gasteiger partial charge on any atom is 0.128 e. The van der Waals surface area contributed by atoms with E-state index in [0.717, 1.165) is 12.8 Å². The number of halogens is 1. The van der Waals surface area contributed by atoms with Gasteiger partial charge in [-0.2, -0.15) is 0 Å². The van der Waals surface area contributed by atoms with Crippen LogP contribution in [-0.4, -0.2) is 42.1 Å². The Morgan fingerprint density at radius 3 is 2.70 bits per heavy atom. The predicted octanol–water partition coefficient (Wildman–Crippen LogP) is 1.06. The molecule has 0 heterocycles. The smallest absolute Gasteiger partial charge is 0.128 e. The lowest BCUT2D eigenvalue weighted by Gasteiger charge is -2.15. The van der Waals surface area contributed by atoms with Crippen LogP contribution in [0.4, 0.5) is 4.39 Å².